The second-order valence-electron chi connectivity index (χ2n) is 10.6. The van der Waals surface area contributed by atoms with Gasteiger partial charge in [0.05, 0.1) is 31.1 Å². The molecule has 0 atom stereocenters. The zero-order valence-electron chi connectivity index (χ0n) is 22.8. The summed E-state index contributed by atoms with van der Waals surface area (Å²) in [5, 5.41) is 10.1. The normalized spacial score (nSPS) is 17.6. The maximum absolute atomic E-state index is 11.2. The van der Waals surface area contributed by atoms with E-state index in [-0.39, 0.29) is 0 Å². The summed E-state index contributed by atoms with van der Waals surface area (Å²) in [4.78, 5) is 20.8. The van der Waals surface area contributed by atoms with Crippen LogP contribution in [0.4, 0.5) is 5.69 Å². The number of aliphatic carboxylic acids is 1. The van der Waals surface area contributed by atoms with Crippen molar-refractivity contribution >= 4 is 28.6 Å². The molecule has 9 heteroatoms. The molecule has 0 aliphatic carbocycles. The lowest BCUT2D eigenvalue weighted by Gasteiger charge is -2.38. The number of carboxylic acid groups (broad SMARTS) is 1. The number of hydrogen-bond donors (Lipinski definition) is 1. The number of anilines is 1. The molecule has 3 aliphatic heterocycles. The predicted octanol–water partition coefficient (Wildman–Crippen LogP) is 4.27. The van der Waals surface area contributed by atoms with Gasteiger partial charge in [-0.25, -0.2) is 4.79 Å². The summed E-state index contributed by atoms with van der Waals surface area (Å²) in [6.45, 7) is 6.80. The number of hydrogen-bond acceptors (Lipinski definition) is 8. The molecular formula is C31H35N3O6. The number of carbonyl (C=O) groups is 1. The Bertz CT molecular complexity index is 1420. The van der Waals surface area contributed by atoms with E-state index < -0.39 is 5.97 Å². The largest absolute Gasteiger partial charge is 0.497 e. The third kappa shape index (κ3) is 5.65. The molecule has 3 aromatic rings. The summed E-state index contributed by atoms with van der Waals surface area (Å²) in [6, 6.07) is 10.1. The molecule has 4 heterocycles. The fraction of sp³-hybridized carbons (Fsp3) is 0.419. The Morgan fingerprint density at radius 2 is 1.85 bits per heavy atom. The van der Waals surface area contributed by atoms with Gasteiger partial charge in [-0.15, -0.1) is 0 Å². The molecule has 1 aromatic heterocycles. The van der Waals surface area contributed by atoms with Crippen LogP contribution < -0.4 is 23.8 Å². The van der Waals surface area contributed by atoms with Gasteiger partial charge in [0.25, 0.3) is 0 Å². The van der Waals surface area contributed by atoms with Gasteiger partial charge < -0.3 is 33.9 Å². The molecule has 0 saturated carbocycles. The first kappa shape index (κ1) is 26.3. The van der Waals surface area contributed by atoms with Gasteiger partial charge in [0.1, 0.15) is 25.6 Å². The van der Waals surface area contributed by atoms with E-state index in [1.165, 1.54) is 5.56 Å². The van der Waals surface area contributed by atoms with Crippen LogP contribution in [0.3, 0.4) is 0 Å². The molecule has 9 nitrogen and oxygen atoms in total. The van der Waals surface area contributed by atoms with Crippen LogP contribution in [0.15, 0.2) is 42.6 Å². The van der Waals surface area contributed by atoms with Crippen LogP contribution in [0.2, 0.25) is 0 Å². The average molecular weight is 546 g/mol. The van der Waals surface area contributed by atoms with Crippen LogP contribution >= 0.6 is 0 Å². The lowest BCUT2D eigenvalue weighted by Crippen LogP contribution is -2.42. The highest BCUT2D eigenvalue weighted by atomic mass is 16.6. The molecule has 2 aromatic carbocycles. The molecule has 3 aliphatic rings. The molecule has 0 bridgehead atoms. The number of piperidine rings is 1. The zero-order valence-corrected chi connectivity index (χ0v) is 22.8. The number of rotatable bonds is 8. The van der Waals surface area contributed by atoms with Crippen LogP contribution in [0, 0.1) is 5.92 Å². The monoisotopic (exact) mass is 545 g/mol. The number of nitrogens with zero attached hydrogens (tertiary/aromatic N) is 3. The Labute approximate surface area is 233 Å². The molecule has 210 valence electrons. The number of methoxy groups -OCH3 is 1. The van der Waals surface area contributed by atoms with E-state index in [1.807, 2.05) is 18.2 Å². The summed E-state index contributed by atoms with van der Waals surface area (Å²) in [5.41, 5.74) is 3.74. The maximum Gasteiger partial charge on any atom is 0.328 e. The van der Waals surface area contributed by atoms with E-state index in [9.17, 15) is 4.79 Å². The van der Waals surface area contributed by atoms with Crippen LogP contribution in [0.25, 0.3) is 17.0 Å². The fourth-order valence-electron chi connectivity index (χ4n) is 5.90. The number of benzene rings is 2. The van der Waals surface area contributed by atoms with E-state index in [1.54, 1.807) is 19.4 Å². The molecule has 0 unspecified atom stereocenters. The van der Waals surface area contributed by atoms with Gasteiger partial charge in [-0.1, -0.05) is 6.07 Å². The minimum atomic E-state index is -1.00. The van der Waals surface area contributed by atoms with Gasteiger partial charge in [0, 0.05) is 30.1 Å². The topological polar surface area (TPSA) is 93.6 Å². The molecule has 1 fully saturated rings. The third-order valence-electron chi connectivity index (χ3n) is 8.00. The highest BCUT2D eigenvalue weighted by Gasteiger charge is 2.27. The number of likely N-dealkylation sites (tertiary alicyclic amines) is 1. The molecule has 6 rings (SSSR count). The van der Waals surface area contributed by atoms with Crippen molar-refractivity contribution in [2.45, 2.75) is 19.3 Å². The molecule has 1 saturated heterocycles. The number of fused-ring (bicyclic) bond motifs is 4. The Morgan fingerprint density at radius 1 is 1.05 bits per heavy atom. The van der Waals surface area contributed by atoms with Crippen molar-refractivity contribution < 1.29 is 28.8 Å². The number of ether oxygens (including phenoxy) is 4. The molecule has 1 N–H and O–H groups in total. The van der Waals surface area contributed by atoms with Gasteiger partial charge in [-0.05, 0) is 74.2 Å². The smallest absolute Gasteiger partial charge is 0.328 e. The van der Waals surface area contributed by atoms with E-state index in [4.69, 9.17) is 24.1 Å². The maximum atomic E-state index is 11.2. The van der Waals surface area contributed by atoms with Crippen molar-refractivity contribution in [1.29, 1.82) is 0 Å². The fourth-order valence-corrected chi connectivity index (χ4v) is 5.90. The second-order valence-corrected chi connectivity index (χ2v) is 10.6. The minimum Gasteiger partial charge on any atom is -0.497 e. The average Bonchev–Trinajstić information content (AvgIpc) is 2.99. The van der Waals surface area contributed by atoms with Crippen molar-refractivity contribution in [3.63, 3.8) is 0 Å². The zero-order chi connectivity index (χ0) is 27.5. The van der Waals surface area contributed by atoms with E-state index >= 15 is 0 Å². The Hall–Kier alpha value is -3.98. The van der Waals surface area contributed by atoms with E-state index in [0.717, 1.165) is 91.9 Å². The van der Waals surface area contributed by atoms with E-state index in [2.05, 4.69) is 26.9 Å². The summed E-state index contributed by atoms with van der Waals surface area (Å²) in [6.07, 6.45) is 7.75. The Balaban J connectivity index is 1.13. The number of aromatic nitrogens is 1. The van der Waals surface area contributed by atoms with Gasteiger partial charge in [0.2, 0.25) is 0 Å². The van der Waals surface area contributed by atoms with Gasteiger partial charge in [-0.3, -0.25) is 4.98 Å². The van der Waals surface area contributed by atoms with Crippen LogP contribution in [0.1, 0.15) is 24.0 Å². The first-order valence-corrected chi connectivity index (χ1v) is 14.0. The Kier molecular flexibility index (Phi) is 7.64. The first-order chi connectivity index (χ1) is 19.6. The number of pyridine rings is 1. The van der Waals surface area contributed by atoms with Crippen molar-refractivity contribution in [2.24, 2.45) is 5.92 Å². The first-order valence-electron chi connectivity index (χ1n) is 14.0. The molecule has 0 radical (unpaired) electrons. The van der Waals surface area contributed by atoms with Gasteiger partial charge in [0.15, 0.2) is 17.2 Å². The van der Waals surface area contributed by atoms with Crippen molar-refractivity contribution in [3.05, 3.63) is 53.7 Å². The van der Waals surface area contributed by atoms with Crippen LogP contribution in [-0.2, 0) is 11.2 Å². The third-order valence-corrected chi connectivity index (χ3v) is 8.00. The summed E-state index contributed by atoms with van der Waals surface area (Å²) in [7, 11) is 1.62. The predicted molar refractivity (Wildman–Crippen MR) is 153 cm³/mol. The quantitative estimate of drug-likeness (QED) is 0.417. The lowest BCUT2D eigenvalue weighted by atomic mass is 9.95. The Morgan fingerprint density at radius 3 is 2.65 bits per heavy atom. The SMILES string of the molecule is COc1cc(/C=C/C(=O)O)c2ncc3c(c2c1)N(CC1CCN(CCc2ccc4c(c2)OCCO4)CC1)CCO3. The van der Waals surface area contributed by atoms with Crippen molar-refractivity contribution in [1.82, 2.24) is 9.88 Å². The van der Waals surface area contributed by atoms with Crippen LogP contribution in [0.5, 0.6) is 23.0 Å². The highest BCUT2D eigenvalue weighted by Crippen LogP contribution is 2.41. The van der Waals surface area contributed by atoms with Gasteiger partial charge in [-0.2, -0.15) is 0 Å². The molecular weight excluding hydrogens is 510 g/mol. The van der Waals surface area contributed by atoms with E-state index in [0.29, 0.717) is 37.1 Å². The van der Waals surface area contributed by atoms with Gasteiger partial charge >= 0.3 is 5.97 Å². The van der Waals surface area contributed by atoms with Crippen LogP contribution in [-0.4, -0.2) is 80.6 Å². The summed E-state index contributed by atoms with van der Waals surface area (Å²) >= 11 is 0. The molecule has 0 spiro atoms. The number of carboxylic acids is 1. The summed E-state index contributed by atoms with van der Waals surface area (Å²) in [5.74, 6) is 2.70. The standard InChI is InChI=1S/C31H35N3O6/c1-37-24-17-23(3-5-29(35)36)30-25(18-24)31-28(19-32-30)38-13-12-34(31)20-22-7-10-33(11-8-22)9-6-21-2-4-26-27(16-21)40-15-14-39-26/h2-5,16-19,22H,6-15,20H2,1H3,(H,35,36)/b5-3+. The molecule has 40 heavy (non-hydrogen) atoms. The molecule has 0 amide bonds. The lowest BCUT2D eigenvalue weighted by molar-refractivity contribution is -0.131. The summed E-state index contributed by atoms with van der Waals surface area (Å²) < 4.78 is 23.0. The van der Waals surface area contributed by atoms with Crippen molar-refractivity contribution in [2.75, 3.05) is 64.6 Å². The van der Waals surface area contributed by atoms with Crippen molar-refractivity contribution in [3.8, 4) is 23.0 Å². The minimum absolute atomic E-state index is 0.580. The second kappa shape index (κ2) is 11.6. The highest BCUT2D eigenvalue weighted by molar-refractivity contribution is 6.01.